The molecule has 0 atom stereocenters. The summed E-state index contributed by atoms with van der Waals surface area (Å²) < 4.78 is 26.6. The minimum atomic E-state index is -0.373. The molecule has 0 bridgehead atoms. The number of ether oxygens (including phenoxy) is 2. The topological polar surface area (TPSA) is 70.9 Å². The number of aromatic amines is 1. The fourth-order valence-electron chi connectivity index (χ4n) is 3.13. The van der Waals surface area contributed by atoms with Gasteiger partial charge in [0.2, 0.25) is 0 Å². The van der Waals surface area contributed by atoms with Crippen LogP contribution in [0.25, 0.3) is 22.7 Å². The maximum atomic E-state index is 13.5. The molecule has 1 N–H and O–H groups in total. The van der Waals surface area contributed by atoms with Gasteiger partial charge in [-0.2, -0.15) is 5.26 Å². The van der Waals surface area contributed by atoms with Gasteiger partial charge in [0.15, 0.2) is 11.5 Å². The number of nitriles is 1. The van der Waals surface area contributed by atoms with Crippen LogP contribution >= 0.6 is 31.9 Å². The number of fused-ring (bicyclic) bond motifs is 1. The van der Waals surface area contributed by atoms with Crippen molar-refractivity contribution in [3.05, 3.63) is 86.3 Å². The number of nitrogens with one attached hydrogen (secondary N) is 1. The number of halogens is 3. The summed E-state index contributed by atoms with van der Waals surface area (Å²) in [6.45, 7) is 0.371. The van der Waals surface area contributed by atoms with E-state index in [4.69, 9.17) is 9.47 Å². The second kappa shape index (κ2) is 9.55. The molecule has 160 valence electrons. The highest BCUT2D eigenvalue weighted by Crippen LogP contribution is 2.38. The Balaban J connectivity index is 1.63. The molecule has 0 radical (unpaired) electrons. The van der Waals surface area contributed by atoms with Gasteiger partial charge in [0.25, 0.3) is 0 Å². The molecule has 4 rings (SSSR count). The first kappa shape index (κ1) is 22.1. The molecule has 1 aromatic heterocycles. The predicted molar refractivity (Wildman–Crippen MR) is 129 cm³/mol. The normalized spacial score (nSPS) is 11.4. The number of aromatic nitrogens is 2. The summed E-state index contributed by atoms with van der Waals surface area (Å²) in [5.41, 5.74) is 3.14. The van der Waals surface area contributed by atoms with Crippen molar-refractivity contribution in [3.8, 4) is 17.6 Å². The minimum absolute atomic E-state index is 0.305. The molecule has 3 aromatic carbocycles. The lowest BCUT2D eigenvalue weighted by Crippen LogP contribution is -1.99. The molecule has 1 heterocycles. The van der Waals surface area contributed by atoms with Gasteiger partial charge in [-0.3, -0.25) is 0 Å². The highest BCUT2D eigenvalue weighted by atomic mass is 79.9. The fraction of sp³-hybridized carbons (Fsp3) is 0.0833. The third-order valence-electron chi connectivity index (χ3n) is 4.68. The zero-order valence-electron chi connectivity index (χ0n) is 16.8. The SMILES string of the molecule is COc1cc(/C=C(/C#N)c2nc3ccc(F)cc3[nH]2)cc(Br)c1OCc1ccc(Br)cc1. The van der Waals surface area contributed by atoms with Crippen LogP contribution in [-0.4, -0.2) is 17.1 Å². The second-order valence-electron chi connectivity index (χ2n) is 6.87. The van der Waals surface area contributed by atoms with E-state index in [1.54, 1.807) is 25.3 Å². The quantitative estimate of drug-likeness (QED) is 0.263. The van der Waals surface area contributed by atoms with Crippen LogP contribution in [0.2, 0.25) is 0 Å². The lowest BCUT2D eigenvalue weighted by Gasteiger charge is -2.14. The Morgan fingerprint density at radius 3 is 2.66 bits per heavy atom. The van der Waals surface area contributed by atoms with Crippen molar-refractivity contribution < 1.29 is 13.9 Å². The van der Waals surface area contributed by atoms with E-state index in [-0.39, 0.29) is 5.82 Å². The number of benzene rings is 3. The van der Waals surface area contributed by atoms with Gasteiger partial charge in [-0.25, -0.2) is 9.37 Å². The molecule has 0 aliphatic rings. The Morgan fingerprint density at radius 1 is 1.16 bits per heavy atom. The first-order valence-corrected chi connectivity index (χ1v) is 11.1. The zero-order chi connectivity index (χ0) is 22.7. The van der Waals surface area contributed by atoms with E-state index >= 15 is 0 Å². The van der Waals surface area contributed by atoms with Crippen LogP contribution in [0.5, 0.6) is 11.5 Å². The molecule has 0 saturated heterocycles. The molecule has 0 aliphatic carbocycles. The van der Waals surface area contributed by atoms with Crippen molar-refractivity contribution in [1.29, 1.82) is 5.26 Å². The lowest BCUT2D eigenvalue weighted by atomic mass is 10.1. The van der Waals surface area contributed by atoms with Crippen LogP contribution in [0.1, 0.15) is 17.0 Å². The van der Waals surface area contributed by atoms with Gasteiger partial charge < -0.3 is 14.5 Å². The van der Waals surface area contributed by atoms with E-state index in [1.807, 2.05) is 30.3 Å². The Labute approximate surface area is 200 Å². The summed E-state index contributed by atoms with van der Waals surface area (Å²) in [4.78, 5) is 7.38. The van der Waals surface area contributed by atoms with Crippen LogP contribution in [-0.2, 0) is 6.61 Å². The number of hydrogen-bond acceptors (Lipinski definition) is 4. The van der Waals surface area contributed by atoms with Crippen molar-refractivity contribution in [3.63, 3.8) is 0 Å². The number of methoxy groups -OCH3 is 1. The fourth-order valence-corrected chi connectivity index (χ4v) is 3.97. The molecule has 0 aliphatic heterocycles. The number of allylic oxidation sites excluding steroid dienone is 1. The Kier molecular flexibility index (Phi) is 6.58. The van der Waals surface area contributed by atoms with Crippen LogP contribution in [0.4, 0.5) is 4.39 Å². The van der Waals surface area contributed by atoms with Crippen molar-refractivity contribution in [2.75, 3.05) is 7.11 Å². The van der Waals surface area contributed by atoms with Gasteiger partial charge in [0.1, 0.15) is 24.3 Å². The van der Waals surface area contributed by atoms with Gasteiger partial charge in [-0.05, 0) is 75.6 Å². The van der Waals surface area contributed by atoms with E-state index in [9.17, 15) is 9.65 Å². The number of H-pyrrole nitrogens is 1. The summed E-state index contributed by atoms with van der Waals surface area (Å²) in [5.74, 6) is 1.07. The molecule has 0 amide bonds. The van der Waals surface area contributed by atoms with Crippen LogP contribution in [0.15, 0.2) is 63.5 Å². The van der Waals surface area contributed by atoms with Gasteiger partial charge in [-0.15, -0.1) is 0 Å². The maximum Gasteiger partial charge on any atom is 0.175 e. The number of nitrogens with zero attached hydrogens (tertiary/aromatic N) is 2. The van der Waals surface area contributed by atoms with Crippen LogP contribution in [0, 0.1) is 17.1 Å². The van der Waals surface area contributed by atoms with Crippen molar-refractivity contribution in [2.24, 2.45) is 0 Å². The summed E-state index contributed by atoms with van der Waals surface area (Å²) in [6, 6.07) is 17.9. The summed E-state index contributed by atoms with van der Waals surface area (Å²) in [6.07, 6.45) is 1.68. The number of imidazole rings is 1. The largest absolute Gasteiger partial charge is 0.493 e. The Morgan fingerprint density at radius 2 is 1.94 bits per heavy atom. The van der Waals surface area contributed by atoms with E-state index in [1.165, 1.54) is 12.1 Å². The molecular weight excluding hydrogens is 541 g/mol. The van der Waals surface area contributed by atoms with E-state index in [2.05, 4.69) is 47.9 Å². The minimum Gasteiger partial charge on any atom is -0.493 e. The van der Waals surface area contributed by atoms with Gasteiger partial charge >= 0.3 is 0 Å². The van der Waals surface area contributed by atoms with E-state index in [0.29, 0.717) is 50.6 Å². The highest BCUT2D eigenvalue weighted by Gasteiger charge is 2.14. The standard InChI is InChI=1S/C24H16Br2FN3O2/c1-31-22-10-15(9-19(26)23(22)32-13-14-2-4-17(25)5-3-14)8-16(12-28)24-29-20-7-6-18(27)11-21(20)30-24/h2-11H,13H2,1H3,(H,29,30)/b16-8-. The molecule has 8 heteroatoms. The number of rotatable bonds is 6. The van der Waals surface area contributed by atoms with Crippen molar-refractivity contribution in [1.82, 2.24) is 9.97 Å². The van der Waals surface area contributed by atoms with Crippen LogP contribution in [0.3, 0.4) is 0 Å². The highest BCUT2D eigenvalue weighted by molar-refractivity contribution is 9.10. The average Bonchev–Trinajstić information content (AvgIpc) is 3.20. The molecule has 0 unspecified atom stereocenters. The third kappa shape index (κ3) is 4.85. The Bertz CT molecular complexity index is 1360. The molecule has 0 spiro atoms. The van der Waals surface area contributed by atoms with Gasteiger partial charge in [0, 0.05) is 4.47 Å². The maximum absolute atomic E-state index is 13.5. The lowest BCUT2D eigenvalue weighted by molar-refractivity contribution is 0.282. The second-order valence-corrected chi connectivity index (χ2v) is 8.64. The zero-order valence-corrected chi connectivity index (χ0v) is 20.0. The summed E-state index contributed by atoms with van der Waals surface area (Å²) in [7, 11) is 1.56. The molecule has 0 fully saturated rings. The van der Waals surface area contributed by atoms with E-state index < -0.39 is 0 Å². The smallest absolute Gasteiger partial charge is 0.175 e. The summed E-state index contributed by atoms with van der Waals surface area (Å²) in [5, 5.41) is 9.68. The molecule has 4 aromatic rings. The monoisotopic (exact) mass is 555 g/mol. The molecule has 32 heavy (non-hydrogen) atoms. The Hall–Kier alpha value is -3.15. The third-order valence-corrected chi connectivity index (χ3v) is 5.80. The first-order chi connectivity index (χ1) is 15.5. The predicted octanol–water partition coefficient (Wildman–Crippen LogP) is 6.88. The summed E-state index contributed by atoms with van der Waals surface area (Å²) >= 11 is 6.96. The van der Waals surface area contributed by atoms with Gasteiger partial charge in [0.05, 0.1) is 28.2 Å². The number of hydrogen-bond donors (Lipinski definition) is 1. The van der Waals surface area contributed by atoms with Crippen LogP contribution < -0.4 is 9.47 Å². The first-order valence-electron chi connectivity index (χ1n) is 9.49. The average molecular weight is 557 g/mol. The molecular formula is C24H16Br2FN3O2. The van der Waals surface area contributed by atoms with Crippen molar-refractivity contribution >= 4 is 54.5 Å². The molecule has 5 nitrogen and oxygen atoms in total. The van der Waals surface area contributed by atoms with E-state index in [0.717, 1.165) is 10.0 Å². The van der Waals surface area contributed by atoms with Crippen molar-refractivity contribution in [2.45, 2.75) is 6.61 Å². The molecule has 0 saturated carbocycles. The van der Waals surface area contributed by atoms with Gasteiger partial charge in [-0.1, -0.05) is 28.1 Å².